The van der Waals surface area contributed by atoms with Gasteiger partial charge in [0.05, 0.1) is 18.7 Å². The van der Waals surface area contributed by atoms with Gasteiger partial charge < -0.3 is 15.4 Å². The summed E-state index contributed by atoms with van der Waals surface area (Å²) in [4.78, 5) is 23.6. The number of anilines is 2. The molecule has 0 bridgehead atoms. The Hall–Kier alpha value is -2.89. The molecule has 2 aromatic rings. The Kier molecular flexibility index (Phi) is 6.95. The Morgan fingerprint density at radius 1 is 1.08 bits per heavy atom. The number of esters is 1. The van der Waals surface area contributed by atoms with Crippen LogP contribution in [0.3, 0.4) is 0 Å². The van der Waals surface area contributed by atoms with Crippen LogP contribution in [0.1, 0.15) is 30.1 Å². The number of hydrogen-bond donors (Lipinski definition) is 2. The number of nitrogens with one attached hydrogen (secondary N) is 2. The second-order valence-corrected chi connectivity index (χ2v) is 5.48. The second kappa shape index (κ2) is 9.42. The number of hydrogen-bond acceptors (Lipinski definition) is 4. The van der Waals surface area contributed by atoms with E-state index in [4.69, 9.17) is 4.74 Å². The Morgan fingerprint density at radius 2 is 1.84 bits per heavy atom. The van der Waals surface area contributed by atoms with E-state index in [-0.39, 0.29) is 18.4 Å². The number of carbonyl (C=O) groups is 2. The van der Waals surface area contributed by atoms with Crippen molar-refractivity contribution in [3.63, 3.8) is 0 Å². The number of unbranched alkanes of at least 4 members (excludes halogenated alkanes) is 1. The Labute approximate surface area is 146 Å². The van der Waals surface area contributed by atoms with Crippen molar-refractivity contribution >= 4 is 23.3 Å². The Morgan fingerprint density at radius 3 is 2.52 bits per heavy atom. The highest BCUT2D eigenvalue weighted by Crippen LogP contribution is 2.12. The maximum absolute atomic E-state index is 13.1. The fraction of sp³-hybridized carbons (Fsp3) is 0.263. The van der Waals surface area contributed by atoms with Gasteiger partial charge in [-0.05, 0) is 48.9 Å². The lowest BCUT2D eigenvalue weighted by Gasteiger charge is -2.09. The van der Waals surface area contributed by atoms with E-state index in [1.54, 1.807) is 30.3 Å². The van der Waals surface area contributed by atoms with Crippen LogP contribution in [0.15, 0.2) is 48.5 Å². The molecule has 0 radical (unpaired) electrons. The van der Waals surface area contributed by atoms with Crippen LogP contribution in [0.25, 0.3) is 0 Å². The predicted octanol–water partition coefficient (Wildman–Crippen LogP) is 3.83. The average molecular weight is 344 g/mol. The van der Waals surface area contributed by atoms with Crippen LogP contribution < -0.4 is 10.6 Å². The lowest BCUT2D eigenvalue weighted by atomic mass is 10.2. The average Bonchev–Trinajstić information content (AvgIpc) is 2.60. The molecule has 25 heavy (non-hydrogen) atoms. The SMILES string of the molecule is CCCCOC(=O)c1ccc(NCC(=O)Nc2cccc(F)c2)cc1. The van der Waals surface area contributed by atoms with Crippen molar-refractivity contribution in [3.05, 3.63) is 59.9 Å². The molecule has 2 aromatic carbocycles. The summed E-state index contributed by atoms with van der Waals surface area (Å²) in [6.45, 7) is 2.46. The van der Waals surface area contributed by atoms with E-state index in [0.717, 1.165) is 12.8 Å². The van der Waals surface area contributed by atoms with Gasteiger partial charge in [0, 0.05) is 11.4 Å². The van der Waals surface area contributed by atoms with Crippen molar-refractivity contribution in [2.75, 3.05) is 23.8 Å². The lowest BCUT2D eigenvalue weighted by molar-refractivity contribution is -0.114. The summed E-state index contributed by atoms with van der Waals surface area (Å²) in [6.07, 6.45) is 1.81. The van der Waals surface area contributed by atoms with Crippen LogP contribution in [0.5, 0.6) is 0 Å². The molecular formula is C19H21FN2O3. The predicted molar refractivity (Wildman–Crippen MR) is 95.2 cm³/mol. The van der Waals surface area contributed by atoms with Gasteiger partial charge in [-0.25, -0.2) is 9.18 Å². The van der Waals surface area contributed by atoms with E-state index in [9.17, 15) is 14.0 Å². The fourth-order valence-electron chi connectivity index (χ4n) is 2.07. The molecule has 2 N–H and O–H groups in total. The molecule has 0 spiro atoms. The van der Waals surface area contributed by atoms with Crippen molar-refractivity contribution in [3.8, 4) is 0 Å². The molecule has 0 fully saturated rings. The summed E-state index contributed by atoms with van der Waals surface area (Å²) >= 11 is 0. The van der Waals surface area contributed by atoms with E-state index in [1.807, 2.05) is 6.92 Å². The van der Waals surface area contributed by atoms with Crippen LogP contribution in [0, 0.1) is 5.82 Å². The highest BCUT2D eigenvalue weighted by atomic mass is 19.1. The van der Waals surface area contributed by atoms with Crippen molar-refractivity contribution in [2.45, 2.75) is 19.8 Å². The van der Waals surface area contributed by atoms with Crippen molar-refractivity contribution < 1.29 is 18.7 Å². The summed E-state index contributed by atoms with van der Waals surface area (Å²) in [5, 5.41) is 5.54. The first-order valence-corrected chi connectivity index (χ1v) is 8.15. The van der Waals surface area contributed by atoms with Crippen LogP contribution in [0.2, 0.25) is 0 Å². The first-order valence-electron chi connectivity index (χ1n) is 8.15. The number of halogens is 1. The number of amides is 1. The third-order valence-electron chi connectivity index (χ3n) is 3.41. The number of benzene rings is 2. The molecule has 0 aromatic heterocycles. The molecule has 2 rings (SSSR count). The summed E-state index contributed by atoms with van der Waals surface area (Å²) in [6, 6.07) is 12.4. The van der Waals surface area contributed by atoms with Gasteiger partial charge in [-0.15, -0.1) is 0 Å². The zero-order chi connectivity index (χ0) is 18.1. The Bertz CT molecular complexity index is 717. The summed E-state index contributed by atoms with van der Waals surface area (Å²) < 4.78 is 18.2. The monoisotopic (exact) mass is 344 g/mol. The smallest absolute Gasteiger partial charge is 0.338 e. The molecule has 1 amide bonds. The third kappa shape index (κ3) is 6.25. The molecule has 0 aliphatic heterocycles. The zero-order valence-electron chi connectivity index (χ0n) is 14.0. The maximum atomic E-state index is 13.1. The van der Waals surface area contributed by atoms with Gasteiger partial charge in [0.1, 0.15) is 5.82 Å². The van der Waals surface area contributed by atoms with Crippen LogP contribution >= 0.6 is 0 Å². The van der Waals surface area contributed by atoms with E-state index in [2.05, 4.69) is 10.6 Å². The molecule has 5 nitrogen and oxygen atoms in total. The van der Waals surface area contributed by atoms with Crippen LogP contribution in [-0.2, 0) is 9.53 Å². The maximum Gasteiger partial charge on any atom is 0.338 e. The number of rotatable bonds is 8. The molecule has 0 saturated heterocycles. The molecule has 0 atom stereocenters. The molecule has 0 heterocycles. The summed E-state index contributed by atoms with van der Waals surface area (Å²) in [5.41, 5.74) is 1.56. The van der Waals surface area contributed by atoms with Gasteiger partial charge in [0.25, 0.3) is 0 Å². The van der Waals surface area contributed by atoms with Gasteiger partial charge in [-0.2, -0.15) is 0 Å². The number of ether oxygens (including phenoxy) is 1. The topological polar surface area (TPSA) is 67.4 Å². The van der Waals surface area contributed by atoms with E-state index >= 15 is 0 Å². The quantitative estimate of drug-likeness (QED) is 0.564. The molecule has 0 saturated carbocycles. The molecule has 0 unspecified atom stereocenters. The first kappa shape index (κ1) is 18.4. The molecular weight excluding hydrogens is 323 g/mol. The highest BCUT2D eigenvalue weighted by molar-refractivity contribution is 5.94. The van der Waals surface area contributed by atoms with Gasteiger partial charge in [-0.3, -0.25) is 4.79 Å². The first-order chi connectivity index (χ1) is 12.1. The number of carbonyl (C=O) groups excluding carboxylic acids is 2. The van der Waals surface area contributed by atoms with Gasteiger partial charge >= 0.3 is 5.97 Å². The minimum absolute atomic E-state index is 0.0246. The largest absolute Gasteiger partial charge is 0.462 e. The van der Waals surface area contributed by atoms with Crippen molar-refractivity contribution in [2.24, 2.45) is 0 Å². The van der Waals surface area contributed by atoms with Gasteiger partial charge in [-0.1, -0.05) is 19.4 Å². The second-order valence-electron chi connectivity index (χ2n) is 5.48. The minimum atomic E-state index is -0.410. The van der Waals surface area contributed by atoms with Crippen LogP contribution in [-0.4, -0.2) is 25.0 Å². The highest BCUT2D eigenvalue weighted by Gasteiger charge is 2.07. The van der Waals surface area contributed by atoms with Crippen LogP contribution in [0.4, 0.5) is 15.8 Å². The summed E-state index contributed by atoms with van der Waals surface area (Å²) in [5.74, 6) is -1.07. The molecule has 0 aliphatic rings. The van der Waals surface area contributed by atoms with E-state index in [1.165, 1.54) is 18.2 Å². The molecule has 6 heteroatoms. The summed E-state index contributed by atoms with van der Waals surface area (Å²) in [7, 11) is 0. The zero-order valence-corrected chi connectivity index (χ0v) is 14.0. The fourth-order valence-corrected chi connectivity index (χ4v) is 2.07. The lowest BCUT2D eigenvalue weighted by Crippen LogP contribution is -2.21. The van der Waals surface area contributed by atoms with Crippen molar-refractivity contribution in [1.29, 1.82) is 0 Å². The standard InChI is InChI=1S/C19H21FN2O3/c1-2-3-11-25-19(24)14-7-9-16(10-8-14)21-13-18(23)22-17-6-4-5-15(20)12-17/h4-10,12,21H,2-3,11,13H2,1H3,(H,22,23). The Balaban J connectivity index is 1.80. The molecule has 0 aliphatic carbocycles. The van der Waals surface area contributed by atoms with E-state index in [0.29, 0.717) is 23.5 Å². The minimum Gasteiger partial charge on any atom is -0.462 e. The van der Waals surface area contributed by atoms with E-state index < -0.39 is 5.82 Å². The van der Waals surface area contributed by atoms with Gasteiger partial charge in [0.2, 0.25) is 5.91 Å². The normalized spacial score (nSPS) is 10.2. The van der Waals surface area contributed by atoms with Gasteiger partial charge in [0.15, 0.2) is 0 Å². The third-order valence-corrected chi connectivity index (χ3v) is 3.41. The van der Waals surface area contributed by atoms with Crippen molar-refractivity contribution in [1.82, 2.24) is 0 Å². The molecule has 132 valence electrons.